The molecule has 0 atom stereocenters. The van der Waals surface area contributed by atoms with Crippen molar-refractivity contribution in [1.82, 2.24) is 0 Å². The molecule has 0 aromatic rings. The lowest BCUT2D eigenvalue weighted by molar-refractivity contribution is -0.134. The summed E-state index contributed by atoms with van der Waals surface area (Å²) in [6.07, 6.45) is 0.483. The quantitative estimate of drug-likeness (QED) is 0.527. The molecule has 1 heterocycles. The molecular formula is C7H3NO6. The molecule has 7 nitrogen and oxygen atoms in total. The highest BCUT2D eigenvalue weighted by Gasteiger charge is 2.31. The van der Waals surface area contributed by atoms with E-state index < -0.39 is 34.9 Å². The van der Waals surface area contributed by atoms with Crippen molar-refractivity contribution >= 4 is 29.2 Å². The molecule has 1 rings (SSSR count). The average molecular weight is 197 g/mol. The van der Waals surface area contributed by atoms with Crippen molar-refractivity contribution < 1.29 is 29.4 Å². The molecule has 2 N–H and O–H groups in total. The van der Waals surface area contributed by atoms with E-state index in [-0.39, 0.29) is 0 Å². The maximum atomic E-state index is 10.8. The summed E-state index contributed by atoms with van der Waals surface area (Å²) in [4.78, 5) is 45.3. The Kier molecular flexibility index (Phi) is 2.24. The number of hydrogen-bond acceptors (Lipinski definition) is 5. The molecule has 0 aliphatic carbocycles. The van der Waals surface area contributed by atoms with Crippen molar-refractivity contribution in [3.63, 3.8) is 0 Å². The minimum atomic E-state index is -1.73. The number of carboxylic acids is 2. The molecule has 72 valence electrons. The highest BCUT2D eigenvalue weighted by molar-refractivity contribution is 6.80. The summed E-state index contributed by atoms with van der Waals surface area (Å²) in [6, 6.07) is 0. The van der Waals surface area contributed by atoms with Crippen LogP contribution in [-0.4, -0.2) is 39.4 Å². The van der Waals surface area contributed by atoms with Gasteiger partial charge in [0.2, 0.25) is 11.5 Å². The molecule has 0 radical (unpaired) electrons. The number of carboxylic acid groups (broad SMARTS) is 2. The van der Waals surface area contributed by atoms with Crippen LogP contribution in [0, 0.1) is 0 Å². The van der Waals surface area contributed by atoms with E-state index in [4.69, 9.17) is 10.2 Å². The molecule has 14 heavy (non-hydrogen) atoms. The first-order chi connectivity index (χ1) is 6.43. The van der Waals surface area contributed by atoms with E-state index >= 15 is 0 Å². The Labute approximate surface area is 76.4 Å². The third-order valence-corrected chi connectivity index (χ3v) is 1.36. The number of carbonyl (C=O) groups is 4. The van der Waals surface area contributed by atoms with Crippen LogP contribution in [-0.2, 0) is 19.2 Å². The molecule has 0 aromatic carbocycles. The van der Waals surface area contributed by atoms with Crippen molar-refractivity contribution in [2.24, 2.45) is 4.99 Å². The highest BCUT2D eigenvalue weighted by atomic mass is 16.4. The van der Waals surface area contributed by atoms with E-state index in [0.717, 1.165) is 0 Å². The smallest absolute Gasteiger partial charge is 0.358 e. The molecule has 1 aliphatic rings. The first-order valence-corrected chi connectivity index (χ1v) is 3.29. The zero-order valence-corrected chi connectivity index (χ0v) is 6.55. The molecule has 0 fully saturated rings. The van der Waals surface area contributed by atoms with E-state index in [0.29, 0.717) is 6.08 Å². The number of carbonyl (C=O) groups excluding carboxylic acids is 2. The van der Waals surface area contributed by atoms with Crippen LogP contribution >= 0.6 is 0 Å². The lowest BCUT2D eigenvalue weighted by Gasteiger charge is -2.03. The van der Waals surface area contributed by atoms with E-state index in [1.54, 1.807) is 0 Å². The topological polar surface area (TPSA) is 121 Å². The fourth-order valence-corrected chi connectivity index (χ4v) is 0.764. The second-order valence-electron chi connectivity index (χ2n) is 2.29. The molecular weight excluding hydrogens is 194 g/mol. The largest absolute Gasteiger partial charge is 0.477 e. The summed E-state index contributed by atoms with van der Waals surface area (Å²) in [5.74, 6) is -5.81. The standard InChI is InChI=1S/C7H3NO6/c9-3-1-2(6(11)12)8-4(5(3)10)7(13)14/h1H,(H,11,12)(H,13,14). The summed E-state index contributed by atoms with van der Waals surface area (Å²) < 4.78 is 0. The van der Waals surface area contributed by atoms with Crippen LogP contribution in [0.25, 0.3) is 0 Å². The van der Waals surface area contributed by atoms with Gasteiger partial charge in [0.25, 0.3) is 5.78 Å². The molecule has 7 heteroatoms. The van der Waals surface area contributed by atoms with Crippen LogP contribution in [0.3, 0.4) is 0 Å². The first-order valence-electron chi connectivity index (χ1n) is 3.29. The Morgan fingerprint density at radius 1 is 1.14 bits per heavy atom. The molecule has 0 saturated carbocycles. The van der Waals surface area contributed by atoms with Gasteiger partial charge < -0.3 is 10.2 Å². The molecule has 0 aromatic heterocycles. The number of nitrogens with zero attached hydrogens (tertiary/aromatic N) is 1. The van der Waals surface area contributed by atoms with Gasteiger partial charge in [-0.1, -0.05) is 0 Å². The van der Waals surface area contributed by atoms with Crippen LogP contribution in [0.1, 0.15) is 0 Å². The Balaban J connectivity index is 3.24. The van der Waals surface area contributed by atoms with Crippen LogP contribution in [0.4, 0.5) is 0 Å². The lowest BCUT2D eigenvalue weighted by atomic mass is 10.1. The average Bonchev–Trinajstić information content (AvgIpc) is 2.08. The van der Waals surface area contributed by atoms with E-state index in [9.17, 15) is 19.2 Å². The second kappa shape index (κ2) is 3.21. The number of ketones is 2. The SMILES string of the molecule is O=C(O)C1=CC(=O)C(=O)C(C(=O)O)=N1. The van der Waals surface area contributed by atoms with Gasteiger partial charge in [0.15, 0.2) is 5.70 Å². The van der Waals surface area contributed by atoms with Gasteiger partial charge in [-0.2, -0.15) is 0 Å². The molecule has 0 spiro atoms. The van der Waals surface area contributed by atoms with E-state index in [2.05, 4.69) is 4.99 Å². The number of rotatable bonds is 2. The fourth-order valence-electron chi connectivity index (χ4n) is 0.764. The van der Waals surface area contributed by atoms with Crippen molar-refractivity contribution in [2.75, 3.05) is 0 Å². The van der Waals surface area contributed by atoms with E-state index in [1.165, 1.54) is 0 Å². The van der Waals surface area contributed by atoms with Crippen molar-refractivity contribution in [1.29, 1.82) is 0 Å². The maximum absolute atomic E-state index is 10.8. The molecule has 1 aliphatic heterocycles. The molecule has 0 saturated heterocycles. The van der Waals surface area contributed by atoms with Gasteiger partial charge in [0, 0.05) is 6.08 Å². The Morgan fingerprint density at radius 3 is 2.14 bits per heavy atom. The summed E-state index contributed by atoms with van der Waals surface area (Å²) in [6.45, 7) is 0. The molecule has 0 amide bonds. The van der Waals surface area contributed by atoms with Crippen LogP contribution in [0.2, 0.25) is 0 Å². The second-order valence-corrected chi connectivity index (χ2v) is 2.29. The van der Waals surface area contributed by atoms with Gasteiger partial charge in [0.1, 0.15) is 0 Å². The normalized spacial score (nSPS) is 16.0. The van der Waals surface area contributed by atoms with Gasteiger partial charge in [-0.15, -0.1) is 0 Å². The first kappa shape index (κ1) is 9.78. The van der Waals surface area contributed by atoms with Crippen LogP contribution in [0.5, 0.6) is 0 Å². The van der Waals surface area contributed by atoms with Gasteiger partial charge in [-0.05, 0) is 0 Å². The minimum Gasteiger partial charge on any atom is -0.477 e. The third kappa shape index (κ3) is 1.56. The van der Waals surface area contributed by atoms with E-state index in [1.807, 2.05) is 0 Å². The van der Waals surface area contributed by atoms with Gasteiger partial charge in [0.05, 0.1) is 0 Å². The minimum absolute atomic E-state index is 0.483. The third-order valence-electron chi connectivity index (χ3n) is 1.36. The van der Waals surface area contributed by atoms with Crippen LogP contribution in [0.15, 0.2) is 16.8 Å². The number of hydrogen-bond donors (Lipinski definition) is 2. The predicted octanol–water partition coefficient (Wildman–Crippen LogP) is -1.37. The maximum Gasteiger partial charge on any atom is 0.358 e. The van der Waals surface area contributed by atoms with Crippen molar-refractivity contribution in [2.45, 2.75) is 0 Å². The summed E-state index contributed by atoms with van der Waals surface area (Å²) in [5.41, 5.74) is -1.83. The summed E-state index contributed by atoms with van der Waals surface area (Å²) in [5, 5.41) is 16.8. The zero-order chi connectivity index (χ0) is 10.9. The number of aliphatic imine (C=N–C) groups is 1. The highest BCUT2D eigenvalue weighted by Crippen LogP contribution is 2.06. The molecule has 0 unspecified atom stereocenters. The molecule has 0 bridgehead atoms. The summed E-state index contributed by atoms with van der Waals surface area (Å²) in [7, 11) is 0. The van der Waals surface area contributed by atoms with Crippen molar-refractivity contribution in [3.05, 3.63) is 11.8 Å². The Bertz CT molecular complexity index is 416. The monoisotopic (exact) mass is 197 g/mol. The zero-order valence-electron chi connectivity index (χ0n) is 6.55. The Morgan fingerprint density at radius 2 is 1.71 bits per heavy atom. The number of allylic oxidation sites excluding steroid dienone is 1. The van der Waals surface area contributed by atoms with Crippen LogP contribution < -0.4 is 0 Å². The van der Waals surface area contributed by atoms with Crippen molar-refractivity contribution in [3.8, 4) is 0 Å². The number of aliphatic carboxylic acids is 2. The van der Waals surface area contributed by atoms with Gasteiger partial charge >= 0.3 is 11.9 Å². The van der Waals surface area contributed by atoms with Gasteiger partial charge in [-0.3, -0.25) is 9.59 Å². The predicted molar refractivity (Wildman–Crippen MR) is 40.8 cm³/mol. The summed E-state index contributed by atoms with van der Waals surface area (Å²) >= 11 is 0. The fraction of sp³-hybridized carbons (Fsp3) is 0. The lowest BCUT2D eigenvalue weighted by Crippen LogP contribution is -2.33. The van der Waals surface area contributed by atoms with Gasteiger partial charge in [-0.25, -0.2) is 14.6 Å². The Hall–Kier alpha value is -2.31. The number of Topliss-reactive ketones (excluding diaryl/α,β-unsaturated/α-hetero) is 1.